The molecular weight excluding hydrogens is 1060 g/mol. The van der Waals surface area contributed by atoms with Gasteiger partial charge in [-0.1, -0.05) is 0 Å². The molecule has 0 amide bonds. The molecule has 3 aliphatic rings. The monoisotopic (exact) mass is 1090 g/mol. The number of hydrogen-bond donors (Lipinski definition) is 14. The lowest BCUT2D eigenvalue weighted by Gasteiger charge is -2.42. The molecule has 6 aromatic carbocycles. The Balaban J connectivity index is 1.23. The van der Waals surface area contributed by atoms with Crippen molar-refractivity contribution in [2.75, 3.05) is 6.61 Å². The second-order valence-corrected chi connectivity index (χ2v) is 18.1. The van der Waals surface area contributed by atoms with Crippen molar-refractivity contribution in [3.8, 4) is 108 Å². The Bertz CT molecular complexity index is 4310. The molecule has 1 fully saturated rings. The van der Waals surface area contributed by atoms with Crippen molar-refractivity contribution < 1.29 is 123 Å². The van der Waals surface area contributed by atoms with Crippen molar-refractivity contribution in [1.29, 1.82) is 0 Å². The number of phenolic OH excluding ortho intramolecular Hbond substituents is 13. The van der Waals surface area contributed by atoms with Crippen LogP contribution in [0.1, 0.15) is 52.6 Å². The van der Waals surface area contributed by atoms with E-state index in [1.807, 2.05) is 0 Å². The second kappa shape index (κ2) is 17.0. The number of aryl methyl sites for hydroxylation is 1. The standard InChI is InChI=1S/C50H31NO28/c1-8-3-11-20(33(59)28(8)54)22-26-24-23-25(48(69)76-41(24)38(64)35(22)61)21(34(60)37(63)40(23)77-49(26)70)19-13(5-15(52)9(2)27(19)51-72)46(67)75-39-17(7-73-44(11)65)74-50(71)43-42(39)78-47(68)14-4-10(29(55)36(62)30(14)56)18-12(45(66)79-43)6-16(53)31(57)32(18)58/h3-6,17,39,42-43,50,52-64,71H,7H2,1-2H3. The van der Waals surface area contributed by atoms with E-state index in [0.717, 1.165) is 19.9 Å². The minimum atomic E-state index is -2.67. The highest BCUT2D eigenvalue weighted by molar-refractivity contribution is 6.29. The molecule has 11 rings (SSSR count). The van der Waals surface area contributed by atoms with Crippen molar-refractivity contribution >= 4 is 62.3 Å². The van der Waals surface area contributed by atoms with Crippen LogP contribution in [0.3, 0.4) is 0 Å². The van der Waals surface area contributed by atoms with E-state index in [1.165, 1.54) is 0 Å². The molecule has 0 aliphatic carbocycles. The highest BCUT2D eigenvalue weighted by atomic mass is 16.7. The fourth-order valence-electron chi connectivity index (χ4n) is 10.0. The smallest absolute Gasteiger partial charge is 0.345 e. The summed E-state index contributed by atoms with van der Waals surface area (Å²) in [5, 5.41) is 157. The number of carbonyl (C=O) groups is 4. The first-order valence-corrected chi connectivity index (χ1v) is 22.4. The number of esters is 4. The number of ether oxygens (including phenoxy) is 5. The zero-order valence-electron chi connectivity index (χ0n) is 39.3. The van der Waals surface area contributed by atoms with Crippen LogP contribution in [0.25, 0.3) is 66.1 Å². The van der Waals surface area contributed by atoms with Gasteiger partial charge >= 0.3 is 35.1 Å². The summed E-state index contributed by atoms with van der Waals surface area (Å²) in [4.78, 5) is 100. The van der Waals surface area contributed by atoms with E-state index in [1.54, 1.807) is 0 Å². The summed E-state index contributed by atoms with van der Waals surface area (Å²) in [6, 6.07) is 2.30. The molecule has 3 aliphatic heterocycles. The lowest BCUT2D eigenvalue weighted by Crippen LogP contribution is -2.62. The predicted octanol–water partition coefficient (Wildman–Crippen LogP) is 3.86. The quantitative estimate of drug-likeness (QED) is 0.0277. The van der Waals surface area contributed by atoms with Gasteiger partial charge in [-0.05, 0) is 48.9 Å². The molecule has 0 spiro atoms. The van der Waals surface area contributed by atoms with Gasteiger partial charge in [-0.25, -0.2) is 28.8 Å². The number of benzene rings is 6. The number of nitrogens with zero attached hydrogens (tertiary/aromatic N) is 1. The minimum absolute atomic E-state index is 0.324. The van der Waals surface area contributed by atoms with Crippen molar-refractivity contribution in [3.05, 3.63) is 83.4 Å². The maximum atomic E-state index is 15.2. The van der Waals surface area contributed by atoms with E-state index in [2.05, 4.69) is 5.18 Å². The maximum absolute atomic E-state index is 15.2. The summed E-state index contributed by atoms with van der Waals surface area (Å²) in [5.74, 6) is -24.7. The SMILES string of the molecule is Cc1cc2c(c(O)c1O)-c1c(O)c(O)c3oc(=O)c4c(c(O)c(O)c5oc(=O)c1c3c54)-c1c(cc(O)c(C)c1N=O)C(=O)OC1C(COC2=O)OC(O)C2OC(=O)c3cc(O)c(O)c(O)c3-c3cc(c(O)c(O)c3O)C(=O)OC21. The Morgan fingerprint density at radius 1 is 0.443 bits per heavy atom. The molecule has 404 valence electrons. The minimum Gasteiger partial charge on any atom is -0.508 e. The van der Waals surface area contributed by atoms with Crippen LogP contribution in [0.5, 0.6) is 74.7 Å². The third kappa shape index (κ3) is 6.82. The first kappa shape index (κ1) is 50.2. The van der Waals surface area contributed by atoms with Crippen LogP contribution in [0, 0.1) is 18.8 Å². The Morgan fingerprint density at radius 3 is 1.52 bits per heavy atom. The number of nitroso groups, excluding NO2 is 1. The van der Waals surface area contributed by atoms with Gasteiger partial charge in [0.25, 0.3) is 0 Å². The van der Waals surface area contributed by atoms with Crippen LogP contribution in [-0.2, 0) is 23.7 Å². The number of carbonyl (C=O) groups excluding carboxylic acids is 4. The fourth-order valence-corrected chi connectivity index (χ4v) is 10.0. The Kier molecular flexibility index (Phi) is 10.8. The normalized spacial score (nSPS) is 19.2. The van der Waals surface area contributed by atoms with Gasteiger partial charge in [0.05, 0.1) is 27.5 Å². The number of aromatic hydroxyl groups is 13. The molecule has 1 saturated heterocycles. The summed E-state index contributed by atoms with van der Waals surface area (Å²) in [6.45, 7) is 0.806. The van der Waals surface area contributed by atoms with Crippen molar-refractivity contribution in [1.82, 2.24) is 0 Å². The van der Waals surface area contributed by atoms with Gasteiger partial charge in [0.1, 0.15) is 29.7 Å². The first-order valence-electron chi connectivity index (χ1n) is 22.4. The summed E-state index contributed by atoms with van der Waals surface area (Å²) >= 11 is 0. The van der Waals surface area contributed by atoms with Gasteiger partial charge in [-0.15, -0.1) is 4.91 Å². The lowest BCUT2D eigenvalue weighted by atomic mass is 9.87. The van der Waals surface area contributed by atoms with Crippen molar-refractivity contribution in [2.24, 2.45) is 5.18 Å². The van der Waals surface area contributed by atoms with E-state index >= 15 is 4.79 Å². The molecular formula is C50H31NO28. The van der Waals surface area contributed by atoms with E-state index in [0.29, 0.717) is 18.2 Å². The van der Waals surface area contributed by atoms with Crippen LogP contribution in [-0.4, -0.2) is 133 Å². The highest BCUT2D eigenvalue weighted by Crippen LogP contribution is 2.58. The topological polar surface area (TPSA) is 488 Å². The second-order valence-electron chi connectivity index (χ2n) is 18.1. The largest absolute Gasteiger partial charge is 0.508 e. The van der Waals surface area contributed by atoms with Crippen LogP contribution in [0.2, 0.25) is 0 Å². The number of fused-ring (bicyclic) bond motifs is 11. The van der Waals surface area contributed by atoms with Crippen LogP contribution >= 0.6 is 0 Å². The lowest BCUT2D eigenvalue weighted by molar-refractivity contribution is -0.284. The van der Waals surface area contributed by atoms with Gasteiger partial charge in [-0.3, -0.25) is 0 Å². The van der Waals surface area contributed by atoms with Gasteiger partial charge in [0.2, 0.25) is 23.0 Å². The fraction of sp³-hybridized carbons (Fsp3) is 0.160. The molecule has 79 heavy (non-hydrogen) atoms. The molecule has 29 nitrogen and oxygen atoms in total. The third-order valence-corrected chi connectivity index (χ3v) is 13.8. The highest BCUT2D eigenvalue weighted by Gasteiger charge is 2.54. The molecule has 0 radical (unpaired) electrons. The molecule has 0 saturated carbocycles. The average Bonchev–Trinajstić information content (AvgIpc) is 3.57. The van der Waals surface area contributed by atoms with E-state index in [-0.39, 0.29) is 5.56 Å². The van der Waals surface area contributed by atoms with Crippen LogP contribution < -0.4 is 11.3 Å². The Morgan fingerprint density at radius 2 is 0.924 bits per heavy atom. The number of phenols is 13. The first-order chi connectivity index (χ1) is 37.3. The Hall–Kier alpha value is -10.9. The zero-order valence-corrected chi connectivity index (χ0v) is 39.3. The molecule has 8 bridgehead atoms. The van der Waals surface area contributed by atoms with Gasteiger partial charge in [0, 0.05) is 49.7 Å². The van der Waals surface area contributed by atoms with Crippen LogP contribution in [0.4, 0.5) is 5.69 Å². The predicted molar refractivity (Wildman–Crippen MR) is 255 cm³/mol. The molecule has 5 heterocycles. The van der Waals surface area contributed by atoms with Crippen LogP contribution in [0.15, 0.2) is 47.9 Å². The van der Waals surface area contributed by atoms with E-state index < -0.39 is 247 Å². The number of hydrogen-bond acceptors (Lipinski definition) is 29. The summed E-state index contributed by atoms with van der Waals surface area (Å²) in [6.07, 6.45) is -12.7. The van der Waals surface area contributed by atoms with E-state index in [4.69, 9.17) is 32.5 Å². The van der Waals surface area contributed by atoms with Crippen molar-refractivity contribution in [2.45, 2.75) is 44.6 Å². The van der Waals surface area contributed by atoms with Crippen molar-refractivity contribution in [3.63, 3.8) is 0 Å². The van der Waals surface area contributed by atoms with E-state index in [9.17, 15) is 100 Å². The average molecular weight is 1090 g/mol. The molecule has 2 aromatic heterocycles. The molecule has 29 heteroatoms. The summed E-state index contributed by atoms with van der Waals surface area (Å²) < 4.78 is 39.2. The summed E-state index contributed by atoms with van der Waals surface area (Å²) in [5.41, 5.74) is -17.9. The number of aliphatic hydroxyl groups is 1. The van der Waals surface area contributed by atoms with Gasteiger partial charge < -0.3 is 104 Å². The molecule has 5 unspecified atom stereocenters. The molecule has 8 aromatic rings. The maximum Gasteiger partial charge on any atom is 0.345 e. The third-order valence-electron chi connectivity index (χ3n) is 13.8. The molecule has 5 atom stereocenters. The number of aliphatic hydroxyl groups excluding tert-OH is 1. The number of cyclic esters (lactones) is 1. The van der Waals surface area contributed by atoms with Gasteiger partial charge in [-0.2, -0.15) is 0 Å². The summed E-state index contributed by atoms with van der Waals surface area (Å²) in [7, 11) is 0. The van der Waals surface area contributed by atoms with Gasteiger partial charge in [0.15, 0.2) is 81.8 Å². The number of rotatable bonds is 1. The Labute approximate surface area is 432 Å². The molecule has 14 N–H and O–H groups in total. The zero-order chi connectivity index (χ0) is 57.0.